The molecule has 0 aromatic carbocycles. The molecule has 0 aliphatic heterocycles. The van der Waals surface area contributed by atoms with Crippen molar-refractivity contribution in [2.75, 3.05) is 14.2 Å². The highest BCUT2D eigenvalue weighted by molar-refractivity contribution is 5.71. The zero-order chi connectivity index (χ0) is 12.2. The van der Waals surface area contributed by atoms with Crippen molar-refractivity contribution in [1.29, 1.82) is 0 Å². The van der Waals surface area contributed by atoms with Gasteiger partial charge in [0.1, 0.15) is 12.0 Å². The molecule has 1 rings (SSSR count). The number of carbonyl (C=O) groups is 1. The maximum atomic E-state index is 11.0. The lowest BCUT2D eigenvalue weighted by Crippen LogP contribution is -2.24. The summed E-state index contributed by atoms with van der Waals surface area (Å²) in [6.45, 7) is 3.82. The molecule has 0 radical (unpaired) electrons. The van der Waals surface area contributed by atoms with Crippen molar-refractivity contribution in [1.82, 2.24) is 10.1 Å². The van der Waals surface area contributed by atoms with Gasteiger partial charge in [-0.1, -0.05) is 12.1 Å². The average molecular weight is 228 g/mol. The van der Waals surface area contributed by atoms with E-state index in [0.717, 1.165) is 0 Å². The van der Waals surface area contributed by atoms with Crippen LogP contribution >= 0.6 is 0 Å². The third-order valence-electron chi connectivity index (χ3n) is 2.59. The van der Waals surface area contributed by atoms with Crippen LogP contribution in [0.15, 0.2) is 4.52 Å². The van der Waals surface area contributed by atoms with Crippen LogP contribution in [0.4, 0.5) is 0 Å². The molecule has 1 atom stereocenters. The number of carbonyl (C=O) groups excluding carboxylic acids is 1. The lowest BCUT2D eigenvalue weighted by molar-refractivity contribution is -0.140. The molecule has 6 nitrogen and oxygen atoms in total. The minimum atomic E-state index is -0.585. The van der Waals surface area contributed by atoms with Gasteiger partial charge in [-0.15, -0.1) is 0 Å². The normalized spacial score (nSPS) is 14.5. The Bertz CT molecular complexity index is 357. The quantitative estimate of drug-likeness (QED) is 0.701. The van der Waals surface area contributed by atoms with Crippen LogP contribution in [0, 0.1) is 0 Å². The molecule has 6 heteroatoms. The maximum absolute atomic E-state index is 11.0. The molecule has 0 aliphatic carbocycles. The first-order valence-electron chi connectivity index (χ1n) is 5.00. The molecule has 1 unspecified atom stereocenters. The number of nitrogens with zero attached hydrogens (tertiary/aromatic N) is 2. The Labute approximate surface area is 93.9 Å². The largest absolute Gasteiger partial charge is 0.469 e. The summed E-state index contributed by atoms with van der Waals surface area (Å²) >= 11 is 0. The van der Waals surface area contributed by atoms with E-state index in [1.54, 1.807) is 7.11 Å². The zero-order valence-corrected chi connectivity index (χ0v) is 9.94. The zero-order valence-electron chi connectivity index (χ0n) is 9.94. The fraction of sp³-hybridized carbons (Fsp3) is 0.700. The Kier molecular flexibility index (Phi) is 4.00. The lowest BCUT2D eigenvalue weighted by atomic mass is 10.0. The molecule has 0 N–H and O–H groups in total. The molecular formula is C10H16N2O4. The Hall–Kier alpha value is -1.43. The first-order chi connectivity index (χ1) is 7.55. The summed E-state index contributed by atoms with van der Waals surface area (Å²) in [5.41, 5.74) is -0.585. The second kappa shape index (κ2) is 5.07. The van der Waals surface area contributed by atoms with E-state index in [0.29, 0.717) is 12.2 Å². The topological polar surface area (TPSA) is 74.5 Å². The molecule has 1 heterocycles. The molecule has 0 saturated heterocycles. The van der Waals surface area contributed by atoms with E-state index in [1.807, 2.05) is 13.8 Å². The molecule has 1 aromatic rings. The molecule has 1 aromatic heterocycles. The van der Waals surface area contributed by atoms with E-state index >= 15 is 0 Å². The third-order valence-corrected chi connectivity index (χ3v) is 2.59. The van der Waals surface area contributed by atoms with Crippen molar-refractivity contribution >= 4 is 5.97 Å². The van der Waals surface area contributed by atoms with Crippen molar-refractivity contribution in [3.63, 3.8) is 0 Å². The average Bonchev–Trinajstić information content (AvgIpc) is 2.76. The van der Waals surface area contributed by atoms with Crippen LogP contribution in [-0.2, 0) is 26.3 Å². The minimum Gasteiger partial charge on any atom is -0.469 e. The molecule has 0 amide bonds. The van der Waals surface area contributed by atoms with Gasteiger partial charge in [0.05, 0.1) is 7.11 Å². The maximum Gasteiger partial charge on any atom is 0.315 e. The monoisotopic (exact) mass is 228 g/mol. The summed E-state index contributed by atoms with van der Waals surface area (Å²) in [4.78, 5) is 15.1. The van der Waals surface area contributed by atoms with Gasteiger partial charge in [-0.25, -0.2) is 0 Å². The van der Waals surface area contributed by atoms with E-state index in [1.165, 1.54) is 7.11 Å². The first-order valence-corrected chi connectivity index (χ1v) is 5.00. The van der Waals surface area contributed by atoms with Crippen molar-refractivity contribution in [2.24, 2.45) is 0 Å². The highest BCUT2D eigenvalue weighted by atomic mass is 16.5. The van der Waals surface area contributed by atoms with Crippen LogP contribution in [0.2, 0.25) is 0 Å². The predicted molar refractivity (Wildman–Crippen MR) is 54.7 cm³/mol. The fourth-order valence-electron chi connectivity index (χ4n) is 1.13. The molecule has 0 saturated carbocycles. The highest BCUT2D eigenvalue weighted by Crippen LogP contribution is 2.25. The Morgan fingerprint density at radius 2 is 2.19 bits per heavy atom. The minimum absolute atomic E-state index is 0.0208. The summed E-state index contributed by atoms with van der Waals surface area (Å²) in [6, 6.07) is 0. The fourth-order valence-corrected chi connectivity index (χ4v) is 1.13. The third kappa shape index (κ3) is 2.57. The molecule has 16 heavy (non-hydrogen) atoms. The SMILES string of the molecule is CCC(C)(OC)c1noc(CC(=O)OC)n1. The van der Waals surface area contributed by atoms with E-state index < -0.39 is 11.6 Å². The van der Waals surface area contributed by atoms with Crippen LogP contribution < -0.4 is 0 Å². The molecular weight excluding hydrogens is 212 g/mol. The van der Waals surface area contributed by atoms with E-state index in [-0.39, 0.29) is 12.3 Å². The van der Waals surface area contributed by atoms with Crippen LogP contribution in [0.5, 0.6) is 0 Å². The number of hydrogen-bond donors (Lipinski definition) is 0. The summed E-state index contributed by atoms with van der Waals surface area (Å²) in [6.07, 6.45) is 0.688. The molecule has 0 fully saturated rings. The second-order valence-corrected chi connectivity index (χ2v) is 3.55. The van der Waals surface area contributed by atoms with E-state index in [9.17, 15) is 4.79 Å². The Balaban J connectivity index is 2.82. The van der Waals surface area contributed by atoms with E-state index in [2.05, 4.69) is 14.9 Å². The van der Waals surface area contributed by atoms with Crippen molar-refractivity contribution in [2.45, 2.75) is 32.3 Å². The Morgan fingerprint density at radius 3 is 2.69 bits per heavy atom. The second-order valence-electron chi connectivity index (χ2n) is 3.55. The van der Waals surface area contributed by atoms with Crippen molar-refractivity contribution in [3.05, 3.63) is 11.7 Å². The summed E-state index contributed by atoms with van der Waals surface area (Å²) in [7, 11) is 2.89. The molecule has 0 bridgehead atoms. The predicted octanol–water partition coefficient (Wildman–Crippen LogP) is 1.06. The van der Waals surface area contributed by atoms with Gasteiger partial charge < -0.3 is 14.0 Å². The van der Waals surface area contributed by atoms with Gasteiger partial charge in [0.15, 0.2) is 0 Å². The van der Waals surface area contributed by atoms with Gasteiger partial charge in [0, 0.05) is 7.11 Å². The van der Waals surface area contributed by atoms with Crippen molar-refractivity contribution in [3.8, 4) is 0 Å². The number of ether oxygens (including phenoxy) is 2. The van der Waals surface area contributed by atoms with Crippen LogP contribution in [-0.4, -0.2) is 30.3 Å². The van der Waals surface area contributed by atoms with Crippen LogP contribution in [0.3, 0.4) is 0 Å². The summed E-state index contributed by atoms with van der Waals surface area (Å²) in [5, 5.41) is 3.80. The van der Waals surface area contributed by atoms with Gasteiger partial charge in [-0.05, 0) is 13.3 Å². The van der Waals surface area contributed by atoms with Gasteiger partial charge in [-0.2, -0.15) is 4.98 Å². The van der Waals surface area contributed by atoms with Gasteiger partial charge in [0.2, 0.25) is 11.7 Å². The van der Waals surface area contributed by atoms with Gasteiger partial charge >= 0.3 is 5.97 Å². The number of esters is 1. The molecule has 0 spiro atoms. The lowest BCUT2D eigenvalue weighted by Gasteiger charge is -2.21. The van der Waals surface area contributed by atoms with Crippen LogP contribution in [0.1, 0.15) is 32.0 Å². The van der Waals surface area contributed by atoms with E-state index in [4.69, 9.17) is 9.26 Å². The highest BCUT2D eigenvalue weighted by Gasteiger charge is 2.30. The molecule has 90 valence electrons. The van der Waals surface area contributed by atoms with Gasteiger partial charge in [0.25, 0.3) is 0 Å². The smallest absolute Gasteiger partial charge is 0.315 e. The number of hydrogen-bond acceptors (Lipinski definition) is 6. The number of methoxy groups -OCH3 is 2. The first kappa shape index (κ1) is 12.6. The summed E-state index contributed by atoms with van der Waals surface area (Å²) in [5.74, 6) is 0.265. The summed E-state index contributed by atoms with van der Waals surface area (Å²) < 4.78 is 14.8. The Morgan fingerprint density at radius 1 is 1.50 bits per heavy atom. The standard InChI is InChI=1S/C10H16N2O4/c1-5-10(2,15-4)9-11-7(16-12-9)6-8(13)14-3/h5-6H2,1-4H3. The van der Waals surface area contributed by atoms with Crippen molar-refractivity contribution < 1.29 is 18.8 Å². The number of aromatic nitrogens is 2. The molecule has 0 aliphatic rings. The van der Waals surface area contributed by atoms with Gasteiger partial charge in [-0.3, -0.25) is 4.79 Å². The van der Waals surface area contributed by atoms with Crippen LogP contribution in [0.25, 0.3) is 0 Å². The number of rotatable bonds is 5.